The van der Waals surface area contributed by atoms with Crippen LogP contribution in [0.25, 0.3) is 0 Å². The van der Waals surface area contributed by atoms with E-state index >= 15 is 0 Å². The van der Waals surface area contributed by atoms with E-state index in [-0.39, 0.29) is 18.4 Å². The second-order valence-electron chi connectivity index (χ2n) is 4.07. The van der Waals surface area contributed by atoms with E-state index in [0.717, 1.165) is 0 Å². The molecule has 0 aliphatic heterocycles. The monoisotopic (exact) mass is 274 g/mol. The lowest BCUT2D eigenvalue weighted by molar-refractivity contribution is -0.158. The fourth-order valence-corrected chi connectivity index (χ4v) is 1.49. The quantitative estimate of drug-likeness (QED) is 0.441. The molecule has 0 aromatic rings. The van der Waals surface area contributed by atoms with E-state index in [9.17, 15) is 14.4 Å². The van der Waals surface area contributed by atoms with Crippen molar-refractivity contribution < 1.29 is 28.6 Å². The second kappa shape index (κ2) is 10.5. The Bertz CT molecular complexity index is 300. The zero-order valence-electron chi connectivity index (χ0n) is 11.8. The van der Waals surface area contributed by atoms with Gasteiger partial charge in [0, 0.05) is 13.5 Å². The zero-order valence-corrected chi connectivity index (χ0v) is 11.8. The predicted molar refractivity (Wildman–Crippen MR) is 67.5 cm³/mol. The average molecular weight is 274 g/mol. The van der Waals surface area contributed by atoms with Crippen LogP contribution in [-0.4, -0.2) is 44.1 Å². The van der Waals surface area contributed by atoms with Crippen LogP contribution >= 0.6 is 0 Å². The van der Waals surface area contributed by atoms with Gasteiger partial charge in [-0.05, 0) is 33.1 Å². The van der Waals surface area contributed by atoms with Gasteiger partial charge in [-0.25, -0.2) is 4.79 Å². The first kappa shape index (κ1) is 17.6. The number of ketones is 1. The Morgan fingerprint density at radius 2 is 1.79 bits per heavy atom. The molecule has 1 atom stereocenters. The minimum atomic E-state index is -0.759. The lowest BCUT2D eigenvalue weighted by atomic mass is 10.1. The molecule has 0 fully saturated rings. The number of carbonyl (C=O) groups excluding carboxylic acids is 3. The van der Waals surface area contributed by atoms with Gasteiger partial charge in [0.15, 0.2) is 11.9 Å². The van der Waals surface area contributed by atoms with Crippen molar-refractivity contribution in [2.45, 2.75) is 45.6 Å². The lowest BCUT2D eigenvalue weighted by Gasteiger charge is -2.14. The number of hydrogen-bond acceptors (Lipinski definition) is 6. The third-order valence-corrected chi connectivity index (χ3v) is 2.39. The van der Waals surface area contributed by atoms with Crippen LogP contribution in [-0.2, 0) is 28.6 Å². The molecule has 0 heterocycles. The van der Waals surface area contributed by atoms with E-state index < -0.39 is 12.1 Å². The van der Waals surface area contributed by atoms with Crippen molar-refractivity contribution in [1.29, 1.82) is 0 Å². The highest BCUT2D eigenvalue weighted by Crippen LogP contribution is 2.09. The molecule has 0 bridgehead atoms. The summed E-state index contributed by atoms with van der Waals surface area (Å²) in [5.41, 5.74) is 0. The number of ether oxygens (including phenoxy) is 3. The van der Waals surface area contributed by atoms with Gasteiger partial charge in [-0.1, -0.05) is 0 Å². The molecule has 0 saturated heterocycles. The Kier molecular flexibility index (Phi) is 9.70. The maximum Gasteiger partial charge on any atom is 0.332 e. The van der Waals surface area contributed by atoms with Crippen molar-refractivity contribution in [3.8, 4) is 0 Å². The molecule has 0 rings (SSSR count). The maximum absolute atomic E-state index is 11.3. The summed E-state index contributed by atoms with van der Waals surface area (Å²) >= 11 is 0. The molecule has 0 aromatic heterocycles. The predicted octanol–water partition coefficient (Wildman–Crippen LogP) is 1.26. The molecule has 0 N–H and O–H groups in total. The van der Waals surface area contributed by atoms with Crippen molar-refractivity contribution in [3.63, 3.8) is 0 Å². The second-order valence-corrected chi connectivity index (χ2v) is 4.07. The molecule has 1 unspecified atom stereocenters. The number of esters is 2. The van der Waals surface area contributed by atoms with Gasteiger partial charge >= 0.3 is 11.9 Å². The van der Waals surface area contributed by atoms with Crippen LogP contribution in [0.3, 0.4) is 0 Å². The molecule has 0 amide bonds. The first-order valence-corrected chi connectivity index (χ1v) is 6.35. The van der Waals surface area contributed by atoms with Gasteiger partial charge in [0.1, 0.15) is 6.61 Å². The lowest BCUT2D eigenvalue weighted by Crippen LogP contribution is -2.27. The molecule has 6 heteroatoms. The highest BCUT2D eigenvalue weighted by atomic mass is 16.6. The van der Waals surface area contributed by atoms with Gasteiger partial charge in [0.25, 0.3) is 0 Å². The van der Waals surface area contributed by atoms with Gasteiger partial charge < -0.3 is 14.2 Å². The molecule has 0 radical (unpaired) electrons. The van der Waals surface area contributed by atoms with Gasteiger partial charge in [-0.2, -0.15) is 0 Å². The highest BCUT2D eigenvalue weighted by Gasteiger charge is 2.18. The molecule has 110 valence electrons. The Morgan fingerprint density at radius 1 is 1.11 bits per heavy atom. The van der Waals surface area contributed by atoms with E-state index in [1.165, 1.54) is 14.0 Å². The molecule has 0 aliphatic rings. The maximum atomic E-state index is 11.3. The normalized spacial score (nSPS) is 11.7. The summed E-state index contributed by atoms with van der Waals surface area (Å²) in [5.74, 6) is -1.02. The van der Waals surface area contributed by atoms with E-state index in [1.807, 2.05) is 0 Å². The van der Waals surface area contributed by atoms with Crippen LogP contribution in [0.15, 0.2) is 0 Å². The van der Waals surface area contributed by atoms with Crippen molar-refractivity contribution >= 4 is 17.7 Å². The van der Waals surface area contributed by atoms with Crippen LogP contribution in [0.4, 0.5) is 0 Å². The van der Waals surface area contributed by atoms with E-state index in [1.54, 1.807) is 6.92 Å². The summed E-state index contributed by atoms with van der Waals surface area (Å²) in [7, 11) is 1.38. The van der Waals surface area contributed by atoms with Gasteiger partial charge in [-0.15, -0.1) is 0 Å². The summed E-state index contributed by atoms with van der Waals surface area (Å²) in [6.45, 7) is 3.31. The SMILES string of the molecule is CCOC(=O)CCCCC(OC(=O)COC)C(C)=O. The number of carbonyl (C=O) groups is 3. The Labute approximate surface area is 113 Å². The van der Waals surface area contributed by atoms with E-state index in [2.05, 4.69) is 4.74 Å². The molecule has 0 spiro atoms. The number of methoxy groups -OCH3 is 1. The number of Topliss-reactive ketones (excluding diaryl/α,β-unsaturated/α-hetero) is 1. The Balaban J connectivity index is 3.92. The van der Waals surface area contributed by atoms with E-state index in [0.29, 0.717) is 32.3 Å². The summed E-state index contributed by atoms with van der Waals surface area (Å²) in [5, 5.41) is 0. The fourth-order valence-electron chi connectivity index (χ4n) is 1.49. The Hall–Kier alpha value is -1.43. The Morgan fingerprint density at radius 3 is 2.32 bits per heavy atom. The summed E-state index contributed by atoms with van der Waals surface area (Å²) < 4.78 is 14.4. The van der Waals surface area contributed by atoms with Crippen molar-refractivity contribution in [3.05, 3.63) is 0 Å². The molecular formula is C13H22O6. The average Bonchev–Trinajstić information content (AvgIpc) is 2.33. The number of hydrogen-bond donors (Lipinski definition) is 0. The minimum Gasteiger partial charge on any atom is -0.466 e. The van der Waals surface area contributed by atoms with Crippen molar-refractivity contribution in [2.24, 2.45) is 0 Å². The smallest absolute Gasteiger partial charge is 0.332 e. The van der Waals surface area contributed by atoms with Crippen LogP contribution in [0, 0.1) is 0 Å². The van der Waals surface area contributed by atoms with Gasteiger partial charge in [-0.3, -0.25) is 9.59 Å². The van der Waals surface area contributed by atoms with Gasteiger partial charge in [0.05, 0.1) is 6.61 Å². The number of unbranched alkanes of at least 4 members (excludes halogenated alkanes) is 1. The largest absolute Gasteiger partial charge is 0.466 e. The molecule has 0 aromatic carbocycles. The molecule has 0 aliphatic carbocycles. The summed E-state index contributed by atoms with van der Waals surface area (Å²) in [6, 6.07) is 0. The molecular weight excluding hydrogens is 252 g/mol. The fraction of sp³-hybridized carbons (Fsp3) is 0.769. The first-order valence-electron chi connectivity index (χ1n) is 6.35. The van der Waals surface area contributed by atoms with Crippen molar-refractivity contribution in [1.82, 2.24) is 0 Å². The summed E-state index contributed by atoms with van der Waals surface area (Å²) in [6.07, 6.45) is 1.17. The van der Waals surface area contributed by atoms with Crippen LogP contribution in [0.1, 0.15) is 39.5 Å². The molecule has 0 saturated carbocycles. The van der Waals surface area contributed by atoms with Crippen LogP contribution in [0.2, 0.25) is 0 Å². The minimum absolute atomic E-state index is 0.174. The first-order chi connectivity index (χ1) is 9.01. The third kappa shape index (κ3) is 9.18. The molecule has 19 heavy (non-hydrogen) atoms. The molecule has 6 nitrogen and oxygen atoms in total. The van der Waals surface area contributed by atoms with Crippen molar-refractivity contribution in [2.75, 3.05) is 20.3 Å². The highest BCUT2D eigenvalue weighted by molar-refractivity contribution is 5.83. The third-order valence-electron chi connectivity index (χ3n) is 2.39. The van der Waals surface area contributed by atoms with E-state index in [4.69, 9.17) is 9.47 Å². The van der Waals surface area contributed by atoms with Gasteiger partial charge in [0.2, 0.25) is 0 Å². The number of rotatable bonds is 10. The topological polar surface area (TPSA) is 78.9 Å². The standard InChI is InChI=1S/C13H22O6/c1-4-18-12(15)8-6-5-7-11(10(2)14)19-13(16)9-17-3/h11H,4-9H2,1-3H3. The van der Waals surface area contributed by atoms with Crippen LogP contribution < -0.4 is 0 Å². The summed E-state index contributed by atoms with van der Waals surface area (Å²) in [4.78, 5) is 33.6. The van der Waals surface area contributed by atoms with Crippen LogP contribution in [0.5, 0.6) is 0 Å². The zero-order chi connectivity index (χ0) is 14.7.